The molecule has 2 amide bonds. The lowest BCUT2D eigenvalue weighted by Crippen LogP contribution is -2.64. The molecule has 1 saturated carbocycles. The molecule has 0 spiro atoms. The summed E-state index contributed by atoms with van der Waals surface area (Å²) >= 11 is 0. The Kier molecular flexibility index (Phi) is 19.5. The number of rotatable bonds is 9. The van der Waals surface area contributed by atoms with E-state index >= 15 is 0 Å². The van der Waals surface area contributed by atoms with Crippen LogP contribution in [0, 0.1) is 29.6 Å². The largest absolute Gasteiger partial charge is 0.456 e. The number of hydrogen-bond donors (Lipinski definition) is 2. The number of nitrogens with zero attached hydrogens (tertiary/aromatic N) is 5. The molecular formula is C52H79N5O13. The minimum Gasteiger partial charge on any atom is -0.456 e. The van der Waals surface area contributed by atoms with Crippen LogP contribution in [0.5, 0.6) is 0 Å². The zero-order valence-corrected chi connectivity index (χ0v) is 42.8. The molecule has 4 aliphatic heterocycles. The topological polar surface area (TPSA) is 218 Å². The number of amides is 2. The van der Waals surface area contributed by atoms with Crippen molar-refractivity contribution in [1.82, 2.24) is 24.6 Å². The van der Waals surface area contributed by atoms with Gasteiger partial charge in [0.25, 0.3) is 11.7 Å². The fourth-order valence-electron chi connectivity index (χ4n) is 11.2. The van der Waals surface area contributed by atoms with Gasteiger partial charge >= 0.3 is 12.1 Å². The number of aliphatic hydroxyl groups is 2. The first-order valence-electron chi connectivity index (χ1n) is 25.5. The van der Waals surface area contributed by atoms with Crippen LogP contribution in [0.1, 0.15) is 124 Å². The van der Waals surface area contributed by atoms with Crippen molar-refractivity contribution in [3.05, 3.63) is 47.6 Å². The standard InChI is InChI=1S/C52H79N5O13/c1-10-11-12-15-37-23-31(2)22-32(3)24-43(66-8)47-44(67-9)26-34(5)52(64,70-47)48(60)49(61)57-19-14-13-16-38(57)50(62)69-46(35(6)39(58)28-40(37)59)33(4)25-36-17-18-41(42(27-36)65-7)68-51(63)55-20-21-56-30-53-54-45(56)29-55/h11-12,23,25,30,32,34-39,41-44,46-47,58,64H,10,13-22,24,26-29H2,1-9H3/b12-11+,31-23+,33-25+/t32-,34+,35+,36-,37+,38-,39-,41+,42+,43-,44-,46+,47+,52+/m0/s1. The molecule has 6 rings (SSSR count). The Morgan fingerprint density at radius 2 is 1.64 bits per heavy atom. The molecule has 5 aliphatic rings. The normalized spacial score (nSPS) is 36.6. The average Bonchev–Trinajstić information content (AvgIpc) is 3.83. The Morgan fingerprint density at radius 3 is 2.36 bits per heavy atom. The molecule has 18 nitrogen and oxygen atoms in total. The highest BCUT2D eigenvalue weighted by Crippen LogP contribution is 2.39. The maximum Gasteiger partial charge on any atom is 0.410 e. The zero-order valence-electron chi connectivity index (χ0n) is 42.8. The van der Waals surface area contributed by atoms with Gasteiger partial charge in [0.1, 0.15) is 36.5 Å². The fourth-order valence-corrected chi connectivity index (χ4v) is 11.2. The number of Topliss-reactive ketones (excluding diaryl/α,β-unsaturated/α-hetero) is 2. The zero-order chi connectivity index (χ0) is 50.9. The van der Waals surface area contributed by atoms with Crippen molar-refractivity contribution in [2.24, 2.45) is 29.6 Å². The summed E-state index contributed by atoms with van der Waals surface area (Å²) in [6, 6.07) is -1.18. The van der Waals surface area contributed by atoms with Gasteiger partial charge in [-0.15, -0.1) is 10.2 Å². The first kappa shape index (κ1) is 55.0. The minimum absolute atomic E-state index is 0.00434. The Balaban J connectivity index is 1.30. The first-order valence-corrected chi connectivity index (χ1v) is 25.5. The van der Waals surface area contributed by atoms with E-state index in [1.807, 2.05) is 49.6 Å². The molecule has 3 fully saturated rings. The van der Waals surface area contributed by atoms with Gasteiger partial charge < -0.3 is 48.1 Å². The van der Waals surface area contributed by atoms with Crippen LogP contribution in [-0.4, -0.2) is 153 Å². The van der Waals surface area contributed by atoms with Gasteiger partial charge in [-0.2, -0.15) is 0 Å². The van der Waals surface area contributed by atoms with Crippen molar-refractivity contribution in [2.45, 2.75) is 186 Å². The summed E-state index contributed by atoms with van der Waals surface area (Å²) in [6.07, 6.45) is 8.98. The molecule has 14 atom stereocenters. The molecule has 70 heavy (non-hydrogen) atoms. The van der Waals surface area contributed by atoms with Crippen molar-refractivity contribution in [3.8, 4) is 0 Å². The molecule has 5 heterocycles. The first-order chi connectivity index (χ1) is 33.4. The Labute approximate surface area is 413 Å². The second-order valence-corrected chi connectivity index (χ2v) is 20.6. The van der Waals surface area contributed by atoms with Gasteiger partial charge in [-0.1, -0.05) is 57.6 Å². The van der Waals surface area contributed by atoms with Gasteiger partial charge in [-0.3, -0.25) is 19.3 Å². The number of methoxy groups -OCH3 is 3. The summed E-state index contributed by atoms with van der Waals surface area (Å²) in [5, 5.41) is 32.2. The smallest absolute Gasteiger partial charge is 0.410 e. The van der Waals surface area contributed by atoms with Gasteiger partial charge in [0.15, 0.2) is 5.82 Å². The summed E-state index contributed by atoms with van der Waals surface area (Å²) in [4.78, 5) is 73.9. The molecule has 0 aromatic carbocycles. The molecule has 18 heteroatoms. The summed E-state index contributed by atoms with van der Waals surface area (Å²) in [6.45, 7) is 12.6. The third-order valence-corrected chi connectivity index (χ3v) is 15.4. The summed E-state index contributed by atoms with van der Waals surface area (Å²) in [7, 11) is 4.64. The minimum atomic E-state index is -2.54. The fraction of sp³-hybridized carbons (Fsp3) is 0.750. The van der Waals surface area contributed by atoms with E-state index in [0.717, 1.165) is 12.0 Å². The van der Waals surface area contributed by atoms with E-state index < -0.39 is 96.1 Å². The van der Waals surface area contributed by atoms with Crippen LogP contribution in [0.2, 0.25) is 0 Å². The summed E-state index contributed by atoms with van der Waals surface area (Å²) in [5.41, 5.74) is 1.59. The molecule has 0 unspecified atom stereocenters. The van der Waals surface area contributed by atoms with Gasteiger partial charge in [0.05, 0.1) is 31.0 Å². The van der Waals surface area contributed by atoms with E-state index in [0.29, 0.717) is 82.4 Å². The van der Waals surface area contributed by atoms with Crippen LogP contribution in [0.25, 0.3) is 0 Å². The number of aromatic nitrogens is 3. The van der Waals surface area contributed by atoms with Gasteiger partial charge in [-0.25, -0.2) is 9.59 Å². The number of allylic oxidation sites excluding steroid dienone is 5. The monoisotopic (exact) mass is 982 g/mol. The highest BCUT2D eigenvalue weighted by Gasteiger charge is 2.56. The molecule has 1 aliphatic carbocycles. The van der Waals surface area contributed by atoms with Crippen molar-refractivity contribution in [3.63, 3.8) is 0 Å². The number of cyclic esters (lactones) is 1. The predicted molar refractivity (Wildman–Crippen MR) is 257 cm³/mol. The summed E-state index contributed by atoms with van der Waals surface area (Å²) < 4.78 is 38.4. The molecule has 2 bridgehead atoms. The maximum absolute atomic E-state index is 14.6. The van der Waals surface area contributed by atoms with Crippen LogP contribution in [-0.2, 0) is 60.7 Å². The third-order valence-electron chi connectivity index (χ3n) is 15.4. The van der Waals surface area contributed by atoms with Gasteiger partial charge in [0.2, 0.25) is 5.79 Å². The number of aliphatic hydroxyl groups excluding tert-OH is 1. The highest BCUT2D eigenvalue weighted by molar-refractivity contribution is 6.39. The number of piperidine rings is 1. The number of carbonyl (C=O) groups excluding carboxylic acids is 5. The van der Waals surface area contributed by atoms with E-state index in [4.69, 9.17) is 28.4 Å². The van der Waals surface area contributed by atoms with Crippen molar-refractivity contribution in [2.75, 3.05) is 34.4 Å². The lowest BCUT2D eigenvalue weighted by molar-refractivity contribution is -0.302. The van der Waals surface area contributed by atoms with Crippen LogP contribution in [0.4, 0.5) is 4.79 Å². The lowest BCUT2D eigenvalue weighted by Gasteiger charge is -2.47. The second-order valence-electron chi connectivity index (χ2n) is 20.6. The quantitative estimate of drug-likeness (QED) is 0.173. The molecule has 0 radical (unpaired) electrons. The highest BCUT2D eigenvalue weighted by atomic mass is 16.7. The molecule has 1 aromatic heterocycles. The van der Waals surface area contributed by atoms with Crippen LogP contribution < -0.4 is 0 Å². The van der Waals surface area contributed by atoms with Crippen LogP contribution >= 0.6 is 0 Å². The van der Waals surface area contributed by atoms with E-state index in [1.54, 1.807) is 32.2 Å². The van der Waals surface area contributed by atoms with E-state index in [2.05, 4.69) is 17.1 Å². The number of ether oxygens (including phenoxy) is 6. The van der Waals surface area contributed by atoms with Crippen molar-refractivity contribution >= 4 is 29.5 Å². The number of hydrogen-bond acceptors (Lipinski definition) is 15. The number of esters is 1. The Bertz CT molecular complexity index is 2070. The third kappa shape index (κ3) is 13.0. The van der Waals surface area contributed by atoms with Crippen LogP contribution in [0.15, 0.2) is 41.8 Å². The number of carbonyl (C=O) groups is 5. The number of fused-ring (bicyclic) bond motifs is 4. The molecule has 2 saturated heterocycles. The Morgan fingerprint density at radius 1 is 0.914 bits per heavy atom. The van der Waals surface area contributed by atoms with Gasteiger partial charge in [-0.05, 0) is 102 Å². The molecule has 1 aromatic rings. The second kappa shape index (κ2) is 24.9. The van der Waals surface area contributed by atoms with Crippen molar-refractivity contribution in [1.29, 1.82) is 0 Å². The van der Waals surface area contributed by atoms with E-state index in [9.17, 15) is 34.2 Å². The maximum atomic E-state index is 14.6. The summed E-state index contributed by atoms with van der Waals surface area (Å²) in [5.74, 6) is -7.29. The SMILES string of the molecule is CC/C=C/C[C@@H]1/C=C(\C)C[C@H](C)C[C@H](OC)[C@H]2O[C@@](O)(C(=O)C(=O)N3CCCC[C@H]3C(=O)O[C@H](/C(C)=C/[C@@H]3CC[C@@H](OC(=O)N4CCn5cnnc5C4)[C@H](OC)C3)[C@H](C)[C@@H](O)CC1=O)[C@H](C)C[C@@H]2OC. The van der Waals surface area contributed by atoms with Crippen molar-refractivity contribution < 1.29 is 62.6 Å². The molecular weight excluding hydrogens is 903 g/mol. The lowest BCUT2D eigenvalue weighted by atomic mass is 9.81. The average molecular weight is 982 g/mol. The van der Waals surface area contributed by atoms with Gasteiger partial charge in [0, 0.05) is 65.1 Å². The molecule has 2 N–H and O–H groups in total. The molecule has 390 valence electrons. The van der Waals surface area contributed by atoms with E-state index in [1.165, 1.54) is 19.1 Å². The van der Waals surface area contributed by atoms with Crippen LogP contribution in [0.3, 0.4) is 0 Å². The number of ketones is 2. The van der Waals surface area contributed by atoms with E-state index in [-0.39, 0.29) is 43.4 Å². The Hall–Kier alpha value is -4.33. The predicted octanol–water partition coefficient (Wildman–Crippen LogP) is 5.67.